The first kappa shape index (κ1) is 25.2. The number of anilines is 2. The molecule has 188 valence electrons. The van der Waals surface area contributed by atoms with E-state index in [-0.39, 0.29) is 28.8 Å². The van der Waals surface area contributed by atoms with E-state index in [1.807, 2.05) is 0 Å². The van der Waals surface area contributed by atoms with Gasteiger partial charge in [0.2, 0.25) is 0 Å². The van der Waals surface area contributed by atoms with Gasteiger partial charge in [-0.3, -0.25) is 9.69 Å². The number of benzene rings is 1. The molecule has 1 atom stereocenters. The van der Waals surface area contributed by atoms with Crippen molar-refractivity contribution in [3.63, 3.8) is 0 Å². The van der Waals surface area contributed by atoms with E-state index in [4.69, 9.17) is 11.6 Å². The van der Waals surface area contributed by atoms with Crippen LogP contribution < -0.4 is 9.80 Å². The maximum Gasteiger partial charge on any atom is 0.416 e. The van der Waals surface area contributed by atoms with Gasteiger partial charge in [0.25, 0.3) is 5.91 Å². The van der Waals surface area contributed by atoms with Crippen LogP contribution in [0, 0.1) is 12.7 Å². The number of urea groups is 1. The fourth-order valence-electron chi connectivity index (χ4n) is 4.14. The molecule has 7 nitrogen and oxygen atoms in total. The number of carbonyl (C=O) groups excluding carboxylic acids is 2. The molecule has 2 saturated heterocycles. The predicted molar refractivity (Wildman–Crippen MR) is 123 cm³/mol. The highest BCUT2D eigenvalue weighted by Gasteiger charge is 2.45. The van der Waals surface area contributed by atoms with Crippen LogP contribution in [0.4, 0.5) is 33.9 Å². The molecule has 1 aromatic carbocycles. The fraction of sp³-hybridized carbons (Fsp3) is 0.435. The molecule has 0 bridgehead atoms. The van der Waals surface area contributed by atoms with Crippen molar-refractivity contribution in [3.05, 3.63) is 52.4 Å². The minimum atomic E-state index is -4.65. The average molecular weight is 514 g/mol. The van der Waals surface area contributed by atoms with Crippen LogP contribution in [-0.2, 0) is 11.0 Å². The lowest BCUT2D eigenvalue weighted by atomic mass is 10.1. The Balaban J connectivity index is 1.67. The summed E-state index contributed by atoms with van der Waals surface area (Å²) in [6.07, 6.45) is -3.58. The number of aromatic nitrogens is 1. The molecule has 2 aliphatic rings. The molecule has 2 aromatic rings. The summed E-state index contributed by atoms with van der Waals surface area (Å²) in [6, 6.07) is 3.66. The van der Waals surface area contributed by atoms with Crippen LogP contribution in [0.25, 0.3) is 0 Å². The van der Waals surface area contributed by atoms with Crippen molar-refractivity contribution in [2.75, 3.05) is 49.6 Å². The van der Waals surface area contributed by atoms with Gasteiger partial charge >= 0.3 is 12.2 Å². The summed E-state index contributed by atoms with van der Waals surface area (Å²) in [7, 11) is 1.43. The molecule has 3 amide bonds. The van der Waals surface area contributed by atoms with Crippen LogP contribution in [0.3, 0.4) is 0 Å². The van der Waals surface area contributed by atoms with Crippen molar-refractivity contribution < 1.29 is 27.2 Å². The van der Waals surface area contributed by atoms with E-state index in [1.54, 1.807) is 0 Å². The number of alkyl halides is 3. The molecule has 0 saturated carbocycles. The van der Waals surface area contributed by atoms with E-state index in [2.05, 4.69) is 9.88 Å². The number of hydrogen-bond acceptors (Lipinski definition) is 4. The minimum absolute atomic E-state index is 0.0260. The zero-order valence-electron chi connectivity index (χ0n) is 19.1. The third kappa shape index (κ3) is 5.20. The zero-order chi connectivity index (χ0) is 25.5. The smallest absolute Gasteiger partial charge is 0.320 e. The molecule has 2 fully saturated rings. The normalized spacial score (nSPS) is 18.7. The molecule has 0 radical (unpaired) electrons. The van der Waals surface area contributed by atoms with Gasteiger partial charge in [0, 0.05) is 31.5 Å². The van der Waals surface area contributed by atoms with Crippen molar-refractivity contribution in [2.24, 2.45) is 0 Å². The Hall–Kier alpha value is -2.92. The molecule has 2 aliphatic heterocycles. The summed E-state index contributed by atoms with van der Waals surface area (Å²) in [5.41, 5.74) is -0.621. The lowest BCUT2D eigenvalue weighted by Gasteiger charge is -2.32. The molecular formula is C23H24ClF4N5O2. The highest BCUT2D eigenvalue weighted by molar-refractivity contribution is 6.31. The molecule has 0 N–H and O–H groups in total. The average Bonchev–Trinajstić information content (AvgIpc) is 3.08. The topological polar surface area (TPSA) is 60.0 Å². The molecule has 3 heterocycles. The standard InChI is InChI=1S/C23H24ClF4N5O2/c1-14-10-15(23(26,27)28)11-20(29-14)33-19(13-32(22(33)35)9-8-31-6-3-7-31)21(34)30(2)16-4-5-18(25)17(24)12-16/h4-5,10-12,19H,3,6-9,13H2,1-2H3/t19-/m0/s1. The van der Waals surface area contributed by atoms with Crippen molar-refractivity contribution in [1.82, 2.24) is 14.8 Å². The Labute approximate surface area is 204 Å². The fourth-order valence-corrected chi connectivity index (χ4v) is 4.31. The van der Waals surface area contributed by atoms with Gasteiger partial charge in [-0.2, -0.15) is 13.2 Å². The maximum absolute atomic E-state index is 13.6. The number of rotatable bonds is 6. The van der Waals surface area contributed by atoms with Gasteiger partial charge in [0.15, 0.2) is 0 Å². The first-order valence-corrected chi connectivity index (χ1v) is 11.4. The number of pyridine rings is 1. The van der Waals surface area contributed by atoms with Crippen molar-refractivity contribution in [1.29, 1.82) is 0 Å². The largest absolute Gasteiger partial charge is 0.416 e. The van der Waals surface area contributed by atoms with Crippen LogP contribution in [0.15, 0.2) is 30.3 Å². The van der Waals surface area contributed by atoms with Crippen LogP contribution in [-0.4, -0.2) is 72.5 Å². The van der Waals surface area contributed by atoms with E-state index >= 15 is 0 Å². The predicted octanol–water partition coefficient (Wildman–Crippen LogP) is 4.18. The maximum atomic E-state index is 13.6. The van der Waals surface area contributed by atoms with Crippen molar-refractivity contribution in [3.8, 4) is 0 Å². The monoisotopic (exact) mass is 513 g/mol. The molecule has 35 heavy (non-hydrogen) atoms. The SMILES string of the molecule is Cc1cc(C(F)(F)F)cc(N2C(=O)N(CCN3CCC3)C[C@H]2C(=O)N(C)c2ccc(F)c(Cl)c2)n1. The highest BCUT2D eigenvalue weighted by Crippen LogP contribution is 2.34. The Bertz CT molecular complexity index is 1140. The number of aryl methyl sites for hydroxylation is 1. The first-order valence-electron chi connectivity index (χ1n) is 11.0. The Morgan fingerprint density at radius 2 is 1.91 bits per heavy atom. The summed E-state index contributed by atoms with van der Waals surface area (Å²) in [5, 5.41) is -0.187. The van der Waals surface area contributed by atoms with E-state index in [0.29, 0.717) is 13.1 Å². The number of likely N-dealkylation sites (tertiary alicyclic amines) is 1. The number of nitrogens with zero attached hydrogens (tertiary/aromatic N) is 5. The van der Waals surface area contributed by atoms with Gasteiger partial charge < -0.3 is 14.7 Å². The summed E-state index contributed by atoms with van der Waals surface area (Å²) < 4.78 is 54.0. The van der Waals surface area contributed by atoms with Gasteiger partial charge in [-0.25, -0.2) is 14.2 Å². The molecule has 4 rings (SSSR count). The summed E-state index contributed by atoms with van der Waals surface area (Å²) in [5.74, 6) is -1.48. The van der Waals surface area contributed by atoms with Gasteiger partial charge in [-0.1, -0.05) is 11.6 Å². The van der Waals surface area contributed by atoms with Gasteiger partial charge in [0.05, 0.1) is 17.1 Å². The van der Waals surface area contributed by atoms with Crippen molar-refractivity contribution >= 4 is 35.0 Å². The second-order valence-electron chi connectivity index (χ2n) is 8.66. The van der Waals surface area contributed by atoms with Crippen molar-refractivity contribution in [2.45, 2.75) is 25.6 Å². The first-order chi connectivity index (χ1) is 16.5. The Morgan fingerprint density at radius 3 is 2.51 bits per heavy atom. The third-order valence-corrected chi connectivity index (χ3v) is 6.53. The molecule has 0 spiro atoms. The quantitative estimate of drug-likeness (QED) is 0.544. The lowest BCUT2D eigenvalue weighted by molar-refractivity contribution is -0.137. The highest BCUT2D eigenvalue weighted by atomic mass is 35.5. The summed E-state index contributed by atoms with van der Waals surface area (Å²) >= 11 is 5.85. The Kier molecular flexibility index (Phi) is 6.92. The second kappa shape index (κ2) is 9.62. The van der Waals surface area contributed by atoms with E-state index in [1.165, 1.54) is 35.9 Å². The summed E-state index contributed by atoms with van der Waals surface area (Å²) in [6.45, 7) is 4.11. The minimum Gasteiger partial charge on any atom is -0.320 e. The van der Waals surface area contributed by atoms with E-state index < -0.39 is 35.5 Å². The second-order valence-corrected chi connectivity index (χ2v) is 9.07. The van der Waals surface area contributed by atoms with Gasteiger partial charge in [-0.15, -0.1) is 0 Å². The van der Waals surface area contributed by atoms with E-state index in [0.717, 1.165) is 42.6 Å². The van der Waals surface area contributed by atoms with Gasteiger partial charge in [0.1, 0.15) is 17.7 Å². The number of carbonyl (C=O) groups is 2. The number of amides is 3. The van der Waals surface area contributed by atoms with Crippen LogP contribution >= 0.6 is 11.6 Å². The van der Waals surface area contributed by atoms with Crippen LogP contribution in [0.2, 0.25) is 5.02 Å². The molecule has 0 aliphatic carbocycles. The van der Waals surface area contributed by atoms with Gasteiger partial charge in [-0.05, 0) is 56.8 Å². The number of hydrogen-bond donors (Lipinski definition) is 0. The third-order valence-electron chi connectivity index (χ3n) is 6.24. The lowest BCUT2D eigenvalue weighted by Crippen LogP contribution is -2.47. The number of likely N-dealkylation sites (N-methyl/N-ethyl adjacent to an activating group) is 1. The zero-order valence-corrected chi connectivity index (χ0v) is 19.9. The Morgan fingerprint density at radius 1 is 1.20 bits per heavy atom. The number of halogens is 5. The van der Waals surface area contributed by atoms with E-state index in [9.17, 15) is 27.2 Å². The summed E-state index contributed by atoms with van der Waals surface area (Å²) in [4.78, 5) is 36.8. The van der Waals surface area contributed by atoms with Crippen LogP contribution in [0.1, 0.15) is 17.7 Å². The molecule has 0 unspecified atom stereocenters. The molecule has 12 heteroatoms. The molecular weight excluding hydrogens is 490 g/mol. The molecule has 1 aromatic heterocycles. The van der Waals surface area contributed by atoms with Crippen LogP contribution in [0.5, 0.6) is 0 Å².